The van der Waals surface area contributed by atoms with Crippen molar-refractivity contribution in [3.8, 4) is 5.75 Å². The highest BCUT2D eigenvalue weighted by Gasteiger charge is 2.19. The number of aromatic nitrogens is 1. The van der Waals surface area contributed by atoms with Gasteiger partial charge in [-0.05, 0) is 42.5 Å². The van der Waals surface area contributed by atoms with Crippen molar-refractivity contribution in [2.45, 2.75) is 16.7 Å². The first kappa shape index (κ1) is 22.7. The smallest absolute Gasteiger partial charge is 0.262 e. The maximum atomic E-state index is 12.9. The molecule has 9 nitrogen and oxygen atoms in total. The number of carbonyl (C=O) groups excluding carboxylic acids is 1. The third-order valence-corrected chi connectivity index (χ3v) is 6.90. The van der Waals surface area contributed by atoms with Crippen LogP contribution in [0.4, 0.5) is 5.69 Å². The summed E-state index contributed by atoms with van der Waals surface area (Å²) >= 11 is 1.13. The van der Waals surface area contributed by atoms with Crippen molar-refractivity contribution in [1.29, 1.82) is 0 Å². The minimum Gasteiger partial charge on any atom is -0.495 e. The van der Waals surface area contributed by atoms with Gasteiger partial charge in [-0.1, -0.05) is 23.9 Å². The van der Waals surface area contributed by atoms with Gasteiger partial charge < -0.3 is 18.5 Å². The van der Waals surface area contributed by atoms with Gasteiger partial charge in [0.05, 0.1) is 36.3 Å². The van der Waals surface area contributed by atoms with E-state index in [4.69, 9.17) is 13.6 Å². The summed E-state index contributed by atoms with van der Waals surface area (Å²) in [4.78, 5) is 18.3. The zero-order valence-electron chi connectivity index (χ0n) is 17.8. The number of nitrogens with one attached hydrogen (secondary N) is 1. The third-order valence-electron chi connectivity index (χ3n) is 4.72. The van der Waals surface area contributed by atoms with E-state index >= 15 is 0 Å². The van der Waals surface area contributed by atoms with Crippen LogP contribution in [0.1, 0.15) is 5.76 Å². The Labute approximate surface area is 194 Å². The Hall–Kier alpha value is -3.44. The van der Waals surface area contributed by atoms with Crippen LogP contribution in [0.25, 0.3) is 11.1 Å². The maximum Gasteiger partial charge on any atom is 0.262 e. The van der Waals surface area contributed by atoms with Gasteiger partial charge in [0, 0.05) is 7.05 Å². The van der Waals surface area contributed by atoms with Crippen molar-refractivity contribution in [1.82, 2.24) is 9.88 Å². The fourth-order valence-corrected chi connectivity index (χ4v) is 4.87. The molecule has 0 fully saturated rings. The van der Waals surface area contributed by atoms with Crippen LogP contribution in [0.3, 0.4) is 0 Å². The van der Waals surface area contributed by atoms with E-state index in [9.17, 15) is 13.2 Å². The molecule has 4 aromatic rings. The van der Waals surface area contributed by atoms with Crippen LogP contribution in [0, 0.1) is 0 Å². The zero-order chi connectivity index (χ0) is 23.4. The Morgan fingerprint density at radius 3 is 2.76 bits per heavy atom. The second kappa shape index (κ2) is 9.59. The number of carbonyl (C=O) groups is 1. The van der Waals surface area contributed by atoms with Gasteiger partial charge in [0.1, 0.15) is 17.0 Å². The first-order chi connectivity index (χ1) is 15.9. The average molecular weight is 488 g/mol. The number of anilines is 1. The summed E-state index contributed by atoms with van der Waals surface area (Å²) in [5, 5.41) is 0.275. The summed E-state index contributed by atoms with van der Waals surface area (Å²) in [6.45, 7) is 0.361. The van der Waals surface area contributed by atoms with Crippen molar-refractivity contribution in [3.05, 3.63) is 66.6 Å². The summed E-state index contributed by atoms with van der Waals surface area (Å²) < 4.78 is 44.3. The Bertz CT molecular complexity index is 1370. The molecule has 2 heterocycles. The highest BCUT2D eigenvalue weighted by atomic mass is 32.2. The lowest BCUT2D eigenvalue weighted by Gasteiger charge is -2.14. The fraction of sp³-hybridized carbons (Fsp3) is 0.182. The number of sulfonamides is 1. The number of para-hydroxylation sites is 2. The summed E-state index contributed by atoms with van der Waals surface area (Å²) in [6.07, 6.45) is 1.56. The predicted octanol–water partition coefficient (Wildman–Crippen LogP) is 3.98. The Morgan fingerprint density at radius 1 is 1.18 bits per heavy atom. The minimum absolute atomic E-state index is 0.0278. The molecule has 33 heavy (non-hydrogen) atoms. The lowest BCUT2D eigenvalue weighted by atomic mass is 10.3. The standard InChI is InChI=1S/C22H21N3O6S2/c1-25(13-15-6-5-11-30-15)21(26)14-32-22-23-18-12-16(9-10-20(18)31-22)33(27,28)24-17-7-3-4-8-19(17)29-2/h3-12,24H,13-14H2,1-2H3. The Morgan fingerprint density at radius 2 is 2.00 bits per heavy atom. The molecule has 0 aliphatic heterocycles. The topological polar surface area (TPSA) is 115 Å². The van der Waals surface area contributed by atoms with Crippen LogP contribution < -0.4 is 9.46 Å². The maximum absolute atomic E-state index is 12.9. The molecule has 0 atom stereocenters. The molecule has 0 saturated heterocycles. The second-order valence-corrected chi connectivity index (χ2v) is 9.64. The molecule has 2 aromatic carbocycles. The van der Waals surface area contributed by atoms with E-state index in [0.717, 1.165) is 11.8 Å². The van der Waals surface area contributed by atoms with Gasteiger partial charge in [0.15, 0.2) is 5.58 Å². The van der Waals surface area contributed by atoms with E-state index in [1.165, 1.54) is 25.3 Å². The number of methoxy groups -OCH3 is 1. The molecule has 0 bridgehead atoms. The van der Waals surface area contributed by atoms with Gasteiger partial charge in [0.25, 0.3) is 15.2 Å². The molecule has 0 radical (unpaired) electrons. The second-order valence-electron chi connectivity index (χ2n) is 7.03. The number of furan rings is 1. The summed E-state index contributed by atoms with van der Waals surface area (Å²) in [5.74, 6) is 1.09. The quantitative estimate of drug-likeness (QED) is 0.353. The Balaban J connectivity index is 1.45. The highest BCUT2D eigenvalue weighted by molar-refractivity contribution is 7.99. The number of nitrogens with zero attached hydrogens (tertiary/aromatic N) is 2. The molecule has 0 aliphatic carbocycles. The largest absolute Gasteiger partial charge is 0.495 e. The lowest BCUT2D eigenvalue weighted by molar-refractivity contribution is -0.127. The number of oxazole rings is 1. The molecule has 4 rings (SSSR count). The van der Waals surface area contributed by atoms with Crippen LogP contribution in [0.2, 0.25) is 0 Å². The van der Waals surface area contributed by atoms with Crippen LogP contribution in [-0.2, 0) is 21.4 Å². The Kier molecular flexibility index (Phi) is 6.61. The average Bonchev–Trinajstić information content (AvgIpc) is 3.46. The van der Waals surface area contributed by atoms with Gasteiger partial charge >= 0.3 is 0 Å². The molecular weight excluding hydrogens is 466 g/mol. The molecule has 0 aliphatic rings. The predicted molar refractivity (Wildman–Crippen MR) is 124 cm³/mol. The molecule has 0 spiro atoms. The van der Waals surface area contributed by atoms with Gasteiger partial charge in [-0.25, -0.2) is 13.4 Å². The number of hydrogen-bond donors (Lipinski definition) is 1. The van der Waals surface area contributed by atoms with Crippen LogP contribution >= 0.6 is 11.8 Å². The molecule has 1 amide bonds. The van der Waals surface area contributed by atoms with Crippen molar-refractivity contribution in [2.24, 2.45) is 0 Å². The molecule has 172 valence electrons. The van der Waals surface area contributed by atoms with E-state index < -0.39 is 10.0 Å². The molecular formula is C22H21N3O6S2. The monoisotopic (exact) mass is 487 g/mol. The van der Waals surface area contributed by atoms with Crippen LogP contribution in [0.5, 0.6) is 5.75 Å². The van der Waals surface area contributed by atoms with E-state index in [1.54, 1.807) is 54.6 Å². The van der Waals surface area contributed by atoms with E-state index in [1.807, 2.05) is 0 Å². The number of amides is 1. The van der Waals surface area contributed by atoms with E-state index in [2.05, 4.69) is 9.71 Å². The number of rotatable bonds is 9. The SMILES string of the molecule is COc1ccccc1NS(=O)(=O)c1ccc2oc(SCC(=O)N(C)Cc3ccco3)nc2c1. The minimum atomic E-state index is -3.88. The highest BCUT2D eigenvalue weighted by Crippen LogP contribution is 2.29. The number of benzene rings is 2. The van der Waals surface area contributed by atoms with Gasteiger partial charge in [-0.3, -0.25) is 9.52 Å². The number of ether oxygens (including phenoxy) is 1. The fourth-order valence-electron chi connectivity index (χ4n) is 3.01. The summed E-state index contributed by atoms with van der Waals surface area (Å²) in [5.41, 5.74) is 1.12. The number of hydrogen-bond acceptors (Lipinski definition) is 8. The first-order valence-electron chi connectivity index (χ1n) is 9.81. The van der Waals surface area contributed by atoms with Gasteiger partial charge in [0.2, 0.25) is 5.91 Å². The van der Waals surface area contributed by atoms with Crippen molar-refractivity contribution in [3.63, 3.8) is 0 Å². The van der Waals surface area contributed by atoms with Crippen LogP contribution in [0.15, 0.2) is 79.8 Å². The van der Waals surface area contributed by atoms with Gasteiger partial charge in [-0.2, -0.15) is 0 Å². The van der Waals surface area contributed by atoms with Crippen LogP contribution in [-0.4, -0.2) is 44.1 Å². The molecule has 0 saturated carbocycles. The van der Waals surface area contributed by atoms with Crippen molar-refractivity contribution in [2.75, 3.05) is 24.6 Å². The number of thioether (sulfide) groups is 1. The molecule has 2 aromatic heterocycles. The summed E-state index contributed by atoms with van der Waals surface area (Å²) in [7, 11) is -0.729. The van der Waals surface area contributed by atoms with Gasteiger partial charge in [-0.15, -0.1) is 0 Å². The third kappa shape index (κ3) is 5.32. The zero-order valence-corrected chi connectivity index (χ0v) is 19.5. The van der Waals surface area contributed by atoms with Crippen molar-refractivity contribution < 1.29 is 26.8 Å². The molecule has 11 heteroatoms. The summed E-state index contributed by atoms with van der Waals surface area (Å²) in [6, 6.07) is 14.7. The lowest BCUT2D eigenvalue weighted by Crippen LogP contribution is -2.27. The van der Waals surface area contributed by atoms with E-state index in [-0.39, 0.29) is 21.8 Å². The number of fused-ring (bicyclic) bond motifs is 1. The van der Waals surface area contributed by atoms with E-state index in [0.29, 0.717) is 34.8 Å². The first-order valence-corrected chi connectivity index (χ1v) is 12.3. The van der Waals surface area contributed by atoms with Crippen molar-refractivity contribution >= 4 is 44.5 Å². The molecule has 1 N–H and O–H groups in total. The molecule has 0 unspecified atom stereocenters. The normalized spacial score (nSPS) is 11.5.